The first kappa shape index (κ1) is 13.4. The Kier molecular flexibility index (Phi) is 4.27. The number of hydrogen-bond donors (Lipinski definition) is 1. The number of fused-ring (bicyclic) bond motifs is 1. The molecule has 0 saturated carbocycles. The highest BCUT2D eigenvalue weighted by atomic mass is 35.5. The van der Waals surface area contributed by atoms with Gasteiger partial charge in [-0.1, -0.05) is 18.2 Å². The van der Waals surface area contributed by atoms with Gasteiger partial charge >= 0.3 is 0 Å². The highest BCUT2D eigenvalue weighted by Gasteiger charge is 2.16. The van der Waals surface area contributed by atoms with Gasteiger partial charge in [0.25, 0.3) is 0 Å². The lowest BCUT2D eigenvalue weighted by molar-refractivity contribution is 0.188. The van der Waals surface area contributed by atoms with Crippen LogP contribution in [0.15, 0.2) is 34.7 Å². The van der Waals surface area contributed by atoms with Gasteiger partial charge in [0.15, 0.2) is 0 Å². The summed E-state index contributed by atoms with van der Waals surface area (Å²) in [5.41, 5.74) is 0.991. The van der Waals surface area contributed by atoms with Crippen LogP contribution in [0.3, 0.4) is 0 Å². The molecule has 3 rings (SSSR count). The third kappa shape index (κ3) is 2.86. The molecule has 0 amide bonds. The molecule has 1 saturated heterocycles. The van der Waals surface area contributed by atoms with Crippen LogP contribution in [0.2, 0.25) is 0 Å². The fourth-order valence-corrected chi connectivity index (χ4v) is 2.49. The number of furan rings is 1. The second kappa shape index (κ2) is 5.74. The summed E-state index contributed by atoms with van der Waals surface area (Å²) in [6.45, 7) is 6.41. The van der Waals surface area contributed by atoms with Crippen molar-refractivity contribution in [1.82, 2.24) is 10.2 Å². The number of hydrogen-bond acceptors (Lipinski definition) is 3. The fourth-order valence-electron chi connectivity index (χ4n) is 2.49. The SMILES string of the molecule is CC1CN(Cc2cc3ccccc3o2)CCN1.Cl. The number of rotatable bonds is 2. The first-order valence-electron chi connectivity index (χ1n) is 6.24. The number of nitrogens with zero attached hydrogens (tertiary/aromatic N) is 1. The molecule has 1 atom stereocenters. The van der Waals surface area contributed by atoms with Gasteiger partial charge in [-0.05, 0) is 19.1 Å². The summed E-state index contributed by atoms with van der Waals surface area (Å²) >= 11 is 0. The van der Waals surface area contributed by atoms with Gasteiger partial charge in [-0.2, -0.15) is 0 Å². The van der Waals surface area contributed by atoms with Crippen LogP contribution in [-0.4, -0.2) is 30.6 Å². The summed E-state index contributed by atoms with van der Waals surface area (Å²) in [4.78, 5) is 2.44. The van der Waals surface area contributed by atoms with E-state index in [2.05, 4.69) is 35.3 Å². The fraction of sp³-hybridized carbons (Fsp3) is 0.429. The van der Waals surface area contributed by atoms with Gasteiger partial charge in [0.2, 0.25) is 0 Å². The van der Waals surface area contributed by atoms with E-state index in [4.69, 9.17) is 4.42 Å². The summed E-state index contributed by atoms with van der Waals surface area (Å²) < 4.78 is 5.84. The predicted molar refractivity (Wildman–Crippen MR) is 76.2 cm³/mol. The van der Waals surface area contributed by atoms with Crippen LogP contribution < -0.4 is 5.32 Å². The third-order valence-electron chi connectivity index (χ3n) is 3.31. The molecule has 1 fully saturated rings. The van der Waals surface area contributed by atoms with Crippen molar-refractivity contribution < 1.29 is 4.42 Å². The lowest BCUT2D eigenvalue weighted by Gasteiger charge is -2.30. The van der Waals surface area contributed by atoms with Gasteiger partial charge in [-0.3, -0.25) is 4.90 Å². The van der Waals surface area contributed by atoms with Crippen molar-refractivity contribution in [3.63, 3.8) is 0 Å². The average molecular weight is 267 g/mol. The van der Waals surface area contributed by atoms with Crippen LogP contribution >= 0.6 is 12.4 Å². The first-order valence-corrected chi connectivity index (χ1v) is 6.24. The van der Waals surface area contributed by atoms with Crippen LogP contribution in [0, 0.1) is 0 Å². The lowest BCUT2D eigenvalue weighted by atomic mass is 10.2. The van der Waals surface area contributed by atoms with Gasteiger partial charge in [0.05, 0.1) is 6.54 Å². The van der Waals surface area contributed by atoms with Crippen molar-refractivity contribution >= 4 is 23.4 Å². The molecule has 1 N–H and O–H groups in total. The normalized spacial score (nSPS) is 20.8. The second-order valence-electron chi connectivity index (χ2n) is 4.84. The molecule has 1 aromatic heterocycles. The molecule has 0 spiro atoms. The molecule has 3 nitrogen and oxygen atoms in total. The molecular weight excluding hydrogens is 248 g/mol. The minimum Gasteiger partial charge on any atom is -0.460 e. The van der Waals surface area contributed by atoms with Gasteiger partial charge in [0, 0.05) is 31.1 Å². The standard InChI is InChI=1S/C14H18N2O.ClH/c1-11-9-16(7-6-15-11)10-13-8-12-4-2-3-5-14(12)17-13;/h2-5,8,11,15H,6-7,9-10H2,1H3;1H. The monoisotopic (exact) mass is 266 g/mol. The van der Waals surface area contributed by atoms with E-state index >= 15 is 0 Å². The number of piperazine rings is 1. The Morgan fingerprint density at radius 1 is 1.39 bits per heavy atom. The molecule has 4 heteroatoms. The zero-order valence-electron chi connectivity index (χ0n) is 10.6. The smallest absolute Gasteiger partial charge is 0.134 e. The molecule has 18 heavy (non-hydrogen) atoms. The van der Waals surface area contributed by atoms with E-state index in [0.717, 1.165) is 37.5 Å². The van der Waals surface area contributed by atoms with E-state index in [9.17, 15) is 0 Å². The van der Waals surface area contributed by atoms with Crippen molar-refractivity contribution in [1.29, 1.82) is 0 Å². The molecule has 1 aliphatic heterocycles. The Morgan fingerprint density at radius 3 is 3.00 bits per heavy atom. The van der Waals surface area contributed by atoms with Crippen molar-refractivity contribution in [2.24, 2.45) is 0 Å². The Labute approximate surface area is 114 Å². The summed E-state index contributed by atoms with van der Waals surface area (Å²) in [5.74, 6) is 1.07. The first-order chi connectivity index (χ1) is 8.31. The zero-order chi connectivity index (χ0) is 11.7. The van der Waals surface area contributed by atoms with Gasteiger partial charge in [-0.15, -0.1) is 12.4 Å². The van der Waals surface area contributed by atoms with E-state index in [1.54, 1.807) is 0 Å². The Morgan fingerprint density at radius 2 is 2.22 bits per heavy atom. The summed E-state index contributed by atoms with van der Waals surface area (Å²) in [5, 5.41) is 4.65. The number of nitrogens with one attached hydrogen (secondary N) is 1. The van der Waals surface area contributed by atoms with Gasteiger partial charge in [0.1, 0.15) is 11.3 Å². The maximum atomic E-state index is 5.84. The topological polar surface area (TPSA) is 28.4 Å². The van der Waals surface area contributed by atoms with E-state index in [1.807, 2.05) is 12.1 Å². The predicted octanol–water partition coefficient (Wildman–Crippen LogP) is 2.65. The number of para-hydroxylation sites is 1. The van der Waals surface area contributed by atoms with Crippen molar-refractivity contribution in [3.8, 4) is 0 Å². The lowest BCUT2D eigenvalue weighted by Crippen LogP contribution is -2.48. The highest BCUT2D eigenvalue weighted by Crippen LogP contribution is 2.20. The van der Waals surface area contributed by atoms with Crippen molar-refractivity contribution in [2.75, 3.05) is 19.6 Å². The van der Waals surface area contributed by atoms with Crippen LogP contribution in [0.1, 0.15) is 12.7 Å². The minimum atomic E-state index is 0. The molecule has 2 aromatic rings. The maximum Gasteiger partial charge on any atom is 0.134 e. The molecule has 1 aliphatic rings. The van der Waals surface area contributed by atoms with Crippen LogP contribution in [-0.2, 0) is 6.54 Å². The molecular formula is C14H19ClN2O. The van der Waals surface area contributed by atoms with Gasteiger partial charge < -0.3 is 9.73 Å². The van der Waals surface area contributed by atoms with E-state index in [-0.39, 0.29) is 12.4 Å². The Hall–Kier alpha value is -1.03. The Balaban J connectivity index is 0.00000120. The number of halogens is 1. The van der Waals surface area contributed by atoms with Gasteiger partial charge in [-0.25, -0.2) is 0 Å². The van der Waals surface area contributed by atoms with Crippen LogP contribution in [0.5, 0.6) is 0 Å². The van der Waals surface area contributed by atoms with E-state index in [1.165, 1.54) is 5.39 Å². The maximum absolute atomic E-state index is 5.84. The largest absolute Gasteiger partial charge is 0.460 e. The minimum absolute atomic E-state index is 0. The van der Waals surface area contributed by atoms with Crippen LogP contribution in [0.4, 0.5) is 0 Å². The second-order valence-corrected chi connectivity index (χ2v) is 4.84. The molecule has 0 radical (unpaired) electrons. The van der Waals surface area contributed by atoms with E-state index < -0.39 is 0 Å². The Bertz CT molecular complexity index is 478. The van der Waals surface area contributed by atoms with Crippen molar-refractivity contribution in [3.05, 3.63) is 36.1 Å². The molecule has 2 heterocycles. The highest BCUT2D eigenvalue weighted by molar-refractivity contribution is 5.85. The zero-order valence-corrected chi connectivity index (χ0v) is 11.4. The summed E-state index contributed by atoms with van der Waals surface area (Å²) in [7, 11) is 0. The average Bonchev–Trinajstić information content (AvgIpc) is 2.71. The number of benzene rings is 1. The summed E-state index contributed by atoms with van der Waals surface area (Å²) in [6.07, 6.45) is 0. The molecule has 1 aromatic carbocycles. The molecule has 0 bridgehead atoms. The third-order valence-corrected chi connectivity index (χ3v) is 3.31. The van der Waals surface area contributed by atoms with Crippen molar-refractivity contribution in [2.45, 2.75) is 19.5 Å². The van der Waals surface area contributed by atoms with E-state index in [0.29, 0.717) is 6.04 Å². The molecule has 0 aliphatic carbocycles. The molecule has 98 valence electrons. The van der Waals surface area contributed by atoms with Crippen LogP contribution in [0.25, 0.3) is 11.0 Å². The quantitative estimate of drug-likeness (QED) is 0.906. The summed E-state index contributed by atoms with van der Waals surface area (Å²) in [6, 6.07) is 10.9. The molecule has 1 unspecified atom stereocenters.